The standard InChI is InChI=1S/C10H19NO3/c1-10(2,3)8-7(14-4)5-6-11(8)9(12)13/h7-8H,5-6H2,1-4H3,(H,12,13)/t7-,8?/m1/s1. The van der Waals surface area contributed by atoms with Crippen molar-refractivity contribution in [3.8, 4) is 0 Å². The Hall–Kier alpha value is -0.770. The van der Waals surface area contributed by atoms with Crippen LogP contribution in [0.2, 0.25) is 0 Å². The monoisotopic (exact) mass is 201 g/mol. The number of nitrogens with zero attached hydrogens (tertiary/aromatic N) is 1. The molecule has 0 bridgehead atoms. The molecular weight excluding hydrogens is 182 g/mol. The van der Waals surface area contributed by atoms with E-state index in [9.17, 15) is 4.79 Å². The van der Waals surface area contributed by atoms with Crippen LogP contribution in [0.25, 0.3) is 0 Å². The van der Waals surface area contributed by atoms with E-state index in [1.807, 2.05) is 20.8 Å². The number of carbonyl (C=O) groups is 1. The van der Waals surface area contributed by atoms with Gasteiger partial charge in [0, 0.05) is 13.7 Å². The third kappa shape index (κ3) is 2.00. The lowest BCUT2D eigenvalue weighted by atomic mass is 9.84. The number of carboxylic acid groups (broad SMARTS) is 1. The van der Waals surface area contributed by atoms with E-state index < -0.39 is 6.09 Å². The molecule has 0 aromatic rings. The molecule has 1 unspecified atom stereocenters. The summed E-state index contributed by atoms with van der Waals surface area (Å²) in [6.45, 7) is 6.72. The lowest BCUT2D eigenvalue weighted by molar-refractivity contribution is 0.0185. The summed E-state index contributed by atoms with van der Waals surface area (Å²) in [6.07, 6.45) is -0.0133. The fraction of sp³-hybridized carbons (Fsp3) is 0.900. The minimum absolute atomic E-state index is 0.0334. The molecule has 1 amide bonds. The second-order valence-electron chi connectivity index (χ2n) is 4.85. The Morgan fingerprint density at radius 3 is 2.43 bits per heavy atom. The highest BCUT2D eigenvalue weighted by molar-refractivity contribution is 5.66. The first kappa shape index (κ1) is 11.3. The molecule has 1 rings (SSSR count). The van der Waals surface area contributed by atoms with Crippen molar-refractivity contribution >= 4 is 6.09 Å². The zero-order chi connectivity index (χ0) is 10.9. The van der Waals surface area contributed by atoms with Gasteiger partial charge in [-0.1, -0.05) is 20.8 Å². The van der Waals surface area contributed by atoms with Gasteiger partial charge < -0.3 is 14.7 Å². The Morgan fingerprint density at radius 2 is 2.07 bits per heavy atom. The maximum absolute atomic E-state index is 11.0. The summed E-state index contributed by atoms with van der Waals surface area (Å²) in [5.41, 5.74) is -0.0738. The zero-order valence-corrected chi connectivity index (χ0v) is 9.28. The van der Waals surface area contributed by atoms with Crippen LogP contribution in [0.5, 0.6) is 0 Å². The summed E-state index contributed by atoms with van der Waals surface area (Å²) >= 11 is 0. The third-order valence-electron chi connectivity index (χ3n) is 2.78. The van der Waals surface area contributed by atoms with Crippen molar-refractivity contribution < 1.29 is 14.6 Å². The molecule has 0 aromatic carbocycles. The molecule has 1 fully saturated rings. The normalized spacial score (nSPS) is 28.1. The molecule has 0 aliphatic carbocycles. The molecule has 4 nitrogen and oxygen atoms in total. The van der Waals surface area contributed by atoms with E-state index in [2.05, 4.69) is 0 Å². The number of ether oxygens (including phenoxy) is 1. The summed E-state index contributed by atoms with van der Waals surface area (Å²) in [6, 6.07) is -0.0370. The molecule has 14 heavy (non-hydrogen) atoms. The number of amides is 1. The lowest BCUT2D eigenvalue weighted by Gasteiger charge is -2.36. The number of likely N-dealkylation sites (tertiary alicyclic amines) is 1. The first-order valence-corrected chi connectivity index (χ1v) is 4.90. The topological polar surface area (TPSA) is 49.8 Å². The van der Waals surface area contributed by atoms with Crippen molar-refractivity contribution in [3.63, 3.8) is 0 Å². The SMILES string of the molecule is CO[C@@H]1CCN(C(=O)O)C1C(C)(C)C. The highest BCUT2D eigenvalue weighted by atomic mass is 16.5. The predicted octanol–water partition coefficient (Wildman–Crippen LogP) is 1.80. The largest absolute Gasteiger partial charge is 0.465 e. The number of hydrogen-bond donors (Lipinski definition) is 1. The average molecular weight is 201 g/mol. The van der Waals surface area contributed by atoms with Crippen LogP contribution in [-0.2, 0) is 4.74 Å². The van der Waals surface area contributed by atoms with E-state index in [1.54, 1.807) is 7.11 Å². The van der Waals surface area contributed by atoms with Gasteiger partial charge in [-0.2, -0.15) is 0 Å². The van der Waals surface area contributed by atoms with Crippen molar-refractivity contribution in [2.24, 2.45) is 5.41 Å². The van der Waals surface area contributed by atoms with Crippen molar-refractivity contribution in [2.45, 2.75) is 39.3 Å². The molecule has 0 aromatic heterocycles. The molecular formula is C10H19NO3. The summed E-state index contributed by atoms with van der Waals surface area (Å²) < 4.78 is 5.33. The highest BCUT2D eigenvalue weighted by Crippen LogP contribution is 2.34. The van der Waals surface area contributed by atoms with Gasteiger partial charge in [-0.05, 0) is 11.8 Å². The molecule has 4 heteroatoms. The molecule has 1 saturated heterocycles. The third-order valence-corrected chi connectivity index (χ3v) is 2.78. The molecule has 0 spiro atoms. The smallest absolute Gasteiger partial charge is 0.407 e. The van der Waals surface area contributed by atoms with Gasteiger partial charge in [-0.3, -0.25) is 0 Å². The molecule has 0 radical (unpaired) electrons. The lowest BCUT2D eigenvalue weighted by Crippen LogP contribution is -2.47. The fourth-order valence-electron chi connectivity index (χ4n) is 2.25. The van der Waals surface area contributed by atoms with E-state index in [0.717, 1.165) is 6.42 Å². The van der Waals surface area contributed by atoms with Crippen LogP contribution in [0.4, 0.5) is 4.79 Å². The van der Waals surface area contributed by atoms with Crippen LogP contribution in [0, 0.1) is 5.41 Å². The van der Waals surface area contributed by atoms with Crippen molar-refractivity contribution in [1.29, 1.82) is 0 Å². The minimum Gasteiger partial charge on any atom is -0.465 e. The summed E-state index contributed by atoms with van der Waals surface area (Å²) in [4.78, 5) is 12.5. The second-order valence-corrected chi connectivity index (χ2v) is 4.85. The van der Waals surface area contributed by atoms with E-state index >= 15 is 0 Å². The number of methoxy groups -OCH3 is 1. The Kier molecular flexibility index (Phi) is 3.04. The molecule has 1 N–H and O–H groups in total. The molecule has 1 aliphatic rings. The summed E-state index contributed by atoms with van der Waals surface area (Å²) in [5, 5.41) is 9.03. The second kappa shape index (κ2) is 3.77. The summed E-state index contributed by atoms with van der Waals surface area (Å²) in [7, 11) is 1.65. The first-order valence-electron chi connectivity index (χ1n) is 4.90. The summed E-state index contributed by atoms with van der Waals surface area (Å²) in [5.74, 6) is 0. The number of hydrogen-bond acceptors (Lipinski definition) is 2. The van der Waals surface area contributed by atoms with Crippen LogP contribution < -0.4 is 0 Å². The predicted molar refractivity (Wildman–Crippen MR) is 53.4 cm³/mol. The van der Waals surface area contributed by atoms with Gasteiger partial charge in [-0.15, -0.1) is 0 Å². The van der Waals surface area contributed by atoms with Gasteiger partial charge in [0.1, 0.15) is 0 Å². The first-order chi connectivity index (χ1) is 6.38. The Balaban J connectivity index is 2.86. The van der Waals surface area contributed by atoms with Gasteiger partial charge in [-0.25, -0.2) is 4.79 Å². The molecule has 1 heterocycles. The van der Waals surface area contributed by atoms with Crippen molar-refractivity contribution in [2.75, 3.05) is 13.7 Å². The molecule has 0 saturated carbocycles. The van der Waals surface area contributed by atoms with Crippen LogP contribution >= 0.6 is 0 Å². The van der Waals surface area contributed by atoms with Gasteiger partial charge in [0.15, 0.2) is 0 Å². The van der Waals surface area contributed by atoms with Gasteiger partial charge in [0.2, 0.25) is 0 Å². The Labute approximate surface area is 84.8 Å². The maximum atomic E-state index is 11.0. The number of rotatable bonds is 1. The average Bonchev–Trinajstić information content (AvgIpc) is 2.45. The minimum atomic E-state index is -0.843. The van der Waals surface area contributed by atoms with Gasteiger partial charge >= 0.3 is 6.09 Å². The van der Waals surface area contributed by atoms with E-state index in [0.29, 0.717) is 6.54 Å². The van der Waals surface area contributed by atoms with Crippen LogP contribution in [0.1, 0.15) is 27.2 Å². The van der Waals surface area contributed by atoms with E-state index in [4.69, 9.17) is 9.84 Å². The quantitative estimate of drug-likeness (QED) is 0.703. The Bertz CT molecular complexity index is 222. The van der Waals surface area contributed by atoms with Crippen LogP contribution in [-0.4, -0.2) is 41.9 Å². The molecule has 82 valence electrons. The highest BCUT2D eigenvalue weighted by Gasteiger charge is 2.44. The maximum Gasteiger partial charge on any atom is 0.407 e. The molecule has 1 aliphatic heterocycles. The molecule has 2 atom stereocenters. The zero-order valence-electron chi connectivity index (χ0n) is 9.28. The fourth-order valence-corrected chi connectivity index (χ4v) is 2.25. The van der Waals surface area contributed by atoms with Crippen LogP contribution in [0.15, 0.2) is 0 Å². The van der Waals surface area contributed by atoms with Crippen molar-refractivity contribution in [1.82, 2.24) is 4.90 Å². The van der Waals surface area contributed by atoms with Crippen molar-refractivity contribution in [3.05, 3.63) is 0 Å². The van der Waals surface area contributed by atoms with E-state index in [-0.39, 0.29) is 17.6 Å². The van der Waals surface area contributed by atoms with Gasteiger partial charge in [0.05, 0.1) is 12.1 Å². The van der Waals surface area contributed by atoms with E-state index in [1.165, 1.54) is 4.90 Å². The van der Waals surface area contributed by atoms with Crippen LogP contribution in [0.3, 0.4) is 0 Å². The Morgan fingerprint density at radius 1 is 1.50 bits per heavy atom. The van der Waals surface area contributed by atoms with Gasteiger partial charge in [0.25, 0.3) is 0 Å².